The summed E-state index contributed by atoms with van der Waals surface area (Å²) in [5.41, 5.74) is 2.74. The summed E-state index contributed by atoms with van der Waals surface area (Å²) in [6.45, 7) is 0. The fraction of sp³-hybridized carbons (Fsp3) is 0.105. The summed E-state index contributed by atoms with van der Waals surface area (Å²) in [5, 5.41) is 6.40. The lowest BCUT2D eigenvalue weighted by Gasteiger charge is -2.28. The minimum atomic E-state index is -0.147. The molecule has 1 aliphatic rings. The molecule has 1 aliphatic heterocycles. The Morgan fingerprint density at radius 2 is 1.61 bits per heavy atom. The van der Waals surface area contributed by atoms with E-state index in [0.717, 1.165) is 27.6 Å². The molecule has 0 radical (unpaired) electrons. The minimum Gasteiger partial charge on any atom is -0.326 e. The number of carbonyl (C=O) groups is 1. The van der Waals surface area contributed by atoms with E-state index in [1.807, 2.05) is 42.5 Å². The van der Waals surface area contributed by atoms with E-state index in [-0.39, 0.29) is 11.8 Å². The average molecular weight is 342 g/mol. The molecule has 3 aromatic rings. The van der Waals surface area contributed by atoms with Gasteiger partial charge in [-0.25, -0.2) is 0 Å². The summed E-state index contributed by atoms with van der Waals surface area (Å²) in [6, 6.07) is 17.6. The summed E-state index contributed by atoms with van der Waals surface area (Å²) >= 11 is 12.8. The molecule has 0 spiro atoms. The van der Waals surface area contributed by atoms with Crippen LogP contribution >= 0.6 is 23.2 Å². The molecule has 2 nitrogen and oxygen atoms in total. The molecule has 0 aliphatic carbocycles. The lowest BCUT2D eigenvalue weighted by atomic mass is 9.82. The standard InChI is InChI=1S/C19H13Cl2NO/c20-14-6-3-7-15(21)19(14)13-10-17(23)22-16-9-8-11-4-1-2-5-12(11)18(13)16/h1-9,13H,10H2,(H,22,23). The van der Waals surface area contributed by atoms with Crippen LogP contribution in [0.15, 0.2) is 54.6 Å². The molecule has 4 rings (SSSR count). The maximum atomic E-state index is 12.2. The van der Waals surface area contributed by atoms with Gasteiger partial charge in [0.2, 0.25) is 5.91 Å². The van der Waals surface area contributed by atoms with Gasteiger partial charge in [-0.1, -0.05) is 59.6 Å². The summed E-state index contributed by atoms with van der Waals surface area (Å²) in [4.78, 5) is 12.2. The zero-order chi connectivity index (χ0) is 16.0. The molecule has 0 saturated heterocycles. The summed E-state index contributed by atoms with van der Waals surface area (Å²) in [6.07, 6.45) is 0.338. The van der Waals surface area contributed by atoms with Gasteiger partial charge in [0.25, 0.3) is 0 Å². The molecule has 1 unspecified atom stereocenters. The van der Waals surface area contributed by atoms with Crippen molar-refractivity contribution in [1.82, 2.24) is 0 Å². The monoisotopic (exact) mass is 341 g/mol. The second-order valence-electron chi connectivity index (χ2n) is 5.69. The highest BCUT2D eigenvalue weighted by Crippen LogP contribution is 2.45. The third-order valence-electron chi connectivity index (χ3n) is 4.33. The van der Waals surface area contributed by atoms with E-state index < -0.39 is 0 Å². The van der Waals surface area contributed by atoms with E-state index >= 15 is 0 Å². The molecular weight excluding hydrogens is 329 g/mol. The van der Waals surface area contributed by atoms with Gasteiger partial charge in [-0.2, -0.15) is 0 Å². The number of anilines is 1. The maximum Gasteiger partial charge on any atom is 0.225 e. The second kappa shape index (κ2) is 5.55. The minimum absolute atomic E-state index is 0.0197. The number of hydrogen-bond donors (Lipinski definition) is 1. The zero-order valence-corrected chi connectivity index (χ0v) is 13.7. The number of halogens is 2. The quantitative estimate of drug-likeness (QED) is 0.611. The van der Waals surface area contributed by atoms with Crippen molar-refractivity contribution in [3.63, 3.8) is 0 Å². The Morgan fingerprint density at radius 1 is 0.870 bits per heavy atom. The van der Waals surface area contributed by atoms with Crippen molar-refractivity contribution in [1.29, 1.82) is 0 Å². The van der Waals surface area contributed by atoms with Crippen molar-refractivity contribution in [2.75, 3.05) is 5.32 Å². The van der Waals surface area contributed by atoms with Crippen LogP contribution in [0.5, 0.6) is 0 Å². The highest BCUT2D eigenvalue weighted by molar-refractivity contribution is 6.36. The Kier molecular flexibility index (Phi) is 3.51. The predicted octanol–water partition coefficient (Wildman–Crippen LogP) is 5.62. The summed E-state index contributed by atoms with van der Waals surface area (Å²) in [7, 11) is 0. The van der Waals surface area contributed by atoms with Gasteiger partial charge in [0.1, 0.15) is 0 Å². The Labute approximate surface area is 144 Å². The third kappa shape index (κ3) is 2.39. The van der Waals surface area contributed by atoms with Gasteiger partial charge in [-0.15, -0.1) is 0 Å². The van der Waals surface area contributed by atoms with E-state index in [4.69, 9.17) is 23.2 Å². The molecule has 3 aromatic carbocycles. The van der Waals surface area contributed by atoms with E-state index in [1.165, 1.54) is 0 Å². The summed E-state index contributed by atoms with van der Waals surface area (Å²) < 4.78 is 0. The maximum absolute atomic E-state index is 12.2. The van der Waals surface area contributed by atoms with Crippen molar-refractivity contribution >= 4 is 45.6 Å². The molecule has 1 N–H and O–H groups in total. The van der Waals surface area contributed by atoms with Gasteiger partial charge in [-0.05, 0) is 40.1 Å². The largest absolute Gasteiger partial charge is 0.326 e. The predicted molar refractivity (Wildman–Crippen MR) is 95.5 cm³/mol. The molecule has 4 heteroatoms. The number of fused-ring (bicyclic) bond motifs is 3. The van der Waals surface area contributed by atoms with Crippen LogP contribution < -0.4 is 5.32 Å². The smallest absolute Gasteiger partial charge is 0.225 e. The normalized spacial score (nSPS) is 17.0. The SMILES string of the molecule is O=C1CC(c2c(Cl)cccc2Cl)c2c(ccc3ccccc23)N1. The third-order valence-corrected chi connectivity index (χ3v) is 4.99. The van der Waals surface area contributed by atoms with Gasteiger partial charge in [-0.3, -0.25) is 4.79 Å². The number of carbonyl (C=O) groups excluding carboxylic acids is 1. The second-order valence-corrected chi connectivity index (χ2v) is 6.50. The molecule has 23 heavy (non-hydrogen) atoms. The van der Waals surface area contributed by atoms with Crippen molar-refractivity contribution in [2.45, 2.75) is 12.3 Å². The van der Waals surface area contributed by atoms with E-state index in [0.29, 0.717) is 16.5 Å². The molecule has 1 amide bonds. The van der Waals surface area contributed by atoms with Crippen LogP contribution in [0.3, 0.4) is 0 Å². The lowest BCUT2D eigenvalue weighted by Crippen LogP contribution is -2.24. The molecule has 0 fully saturated rings. The van der Waals surface area contributed by atoms with Gasteiger partial charge in [0, 0.05) is 28.1 Å². The van der Waals surface area contributed by atoms with Crippen molar-refractivity contribution in [3.05, 3.63) is 75.8 Å². The van der Waals surface area contributed by atoms with Crippen LogP contribution in [-0.4, -0.2) is 5.91 Å². The molecule has 1 atom stereocenters. The van der Waals surface area contributed by atoms with E-state index in [1.54, 1.807) is 0 Å². The Bertz CT molecular complexity index is 916. The van der Waals surface area contributed by atoms with Crippen LogP contribution in [0.4, 0.5) is 5.69 Å². The molecule has 0 saturated carbocycles. The molecular formula is C19H13Cl2NO. The molecule has 1 heterocycles. The van der Waals surface area contributed by atoms with Crippen molar-refractivity contribution < 1.29 is 4.79 Å². The van der Waals surface area contributed by atoms with Crippen LogP contribution in [0, 0.1) is 0 Å². The number of benzene rings is 3. The van der Waals surface area contributed by atoms with Gasteiger partial charge in [0.15, 0.2) is 0 Å². The van der Waals surface area contributed by atoms with Crippen LogP contribution in [0.1, 0.15) is 23.5 Å². The summed E-state index contributed by atoms with van der Waals surface area (Å²) in [5.74, 6) is -0.167. The van der Waals surface area contributed by atoms with Crippen LogP contribution in [-0.2, 0) is 4.79 Å². The number of rotatable bonds is 1. The van der Waals surface area contributed by atoms with Crippen LogP contribution in [0.2, 0.25) is 10.0 Å². The van der Waals surface area contributed by atoms with Gasteiger partial charge >= 0.3 is 0 Å². The van der Waals surface area contributed by atoms with Crippen molar-refractivity contribution in [3.8, 4) is 0 Å². The first-order valence-electron chi connectivity index (χ1n) is 7.40. The molecule has 0 bridgehead atoms. The Balaban J connectivity index is 2.04. The van der Waals surface area contributed by atoms with E-state index in [2.05, 4.69) is 17.4 Å². The number of amides is 1. The highest BCUT2D eigenvalue weighted by atomic mass is 35.5. The molecule has 0 aromatic heterocycles. The topological polar surface area (TPSA) is 29.1 Å². The fourth-order valence-corrected chi connectivity index (χ4v) is 4.02. The zero-order valence-electron chi connectivity index (χ0n) is 12.1. The Morgan fingerprint density at radius 3 is 2.39 bits per heavy atom. The average Bonchev–Trinajstić information content (AvgIpc) is 2.54. The number of nitrogens with one attached hydrogen (secondary N) is 1. The fourth-order valence-electron chi connectivity index (χ4n) is 3.36. The van der Waals surface area contributed by atoms with Crippen LogP contribution in [0.25, 0.3) is 10.8 Å². The first-order valence-corrected chi connectivity index (χ1v) is 8.16. The molecule has 114 valence electrons. The highest BCUT2D eigenvalue weighted by Gasteiger charge is 2.30. The first kappa shape index (κ1) is 14.6. The lowest BCUT2D eigenvalue weighted by molar-refractivity contribution is -0.116. The number of hydrogen-bond acceptors (Lipinski definition) is 1. The van der Waals surface area contributed by atoms with Gasteiger partial charge in [0.05, 0.1) is 0 Å². The van der Waals surface area contributed by atoms with E-state index in [9.17, 15) is 4.79 Å². The van der Waals surface area contributed by atoms with Crippen molar-refractivity contribution in [2.24, 2.45) is 0 Å². The van der Waals surface area contributed by atoms with Gasteiger partial charge < -0.3 is 5.32 Å². The Hall–Kier alpha value is -2.03. The first-order chi connectivity index (χ1) is 11.1.